The Hall–Kier alpha value is 0.385. The van der Waals surface area contributed by atoms with Crippen LogP contribution in [-0.2, 0) is 9.13 Å². The third-order valence-corrected chi connectivity index (χ3v) is 0. The van der Waals surface area contributed by atoms with Gasteiger partial charge in [-0.2, -0.15) is 0 Å². The smallest absolute Gasteiger partial charge is 1.00 e. The number of hydrogen-bond donors (Lipinski definition) is 0. The van der Waals surface area contributed by atoms with E-state index >= 15 is 0 Å². The third-order valence-electron chi connectivity index (χ3n) is 0. The van der Waals surface area contributed by atoms with Crippen molar-refractivity contribution in [3.8, 4) is 0 Å². The van der Waals surface area contributed by atoms with E-state index in [1.54, 1.807) is 0 Å². The van der Waals surface area contributed by atoms with E-state index in [0.29, 0.717) is 0 Å². The first kappa shape index (κ1) is 821. The Balaban J connectivity index is -0.000000000220. The van der Waals surface area contributed by atoms with Crippen LogP contribution in [0.2, 0.25) is 0 Å². The van der Waals surface area contributed by atoms with Crippen molar-refractivity contribution >= 4 is 8.34 Å². The van der Waals surface area contributed by atoms with Crippen molar-refractivity contribution in [2.45, 2.75) is 0 Å². The van der Waals surface area contributed by atoms with E-state index in [4.69, 9.17) is 9.13 Å². The molecule has 2 nitrogen and oxygen atoms in total. The molecule has 0 aliphatic rings. The van der Waals surface area contributed by atoms with Crippen molar-refractivity contribution in [3.05, 3.63) is 0 Å². The molecule has 0 unspecified atom stereocenters. The average Bonchev–Trinajstić information content (AvgIpc) is 0.918. The van der Waals surface area contributed by atoms with E-state index in [-0.39, 0.29) is 94.2 Å². The maximum Gasteiger partial charge on any atom is 1.00 e. The van der Waals surface area contributed by atoms with Crippen LogP contribution < -0.4 is 47.1 Å². The first-order chi connectivity index (χ1) is 1.41. The zero-order valence-corrected chi connectivity index (χ0v) is 9.00. The molecule has 0 aromatic rings. The quantitative estimate of drug-likeness (QED) is 0.253. The summed E-state index contributed by atoms with van der Waals surface area (Å²) in [6.45, 7) is 0. The van der Waals surface area contributed by atoms with Gasteiger partial charge < -0.3 is 9.41 Å². The number of halogens is 12. The van der Waals surface area contributed by atoms with Crippen LogP contribution in [0.15, 0.2) is 0 Å². The van der Waals surface area contributed by atoms with Crippen LogP contribution in [0.4, 0.5) is 47.0 Å². The zero-order valence-electron chi connectivity index (χ0n) is 8.10. The van der Waals surface area contributed by atoms with Gasteiger partial charge in [-0.05, 0) is 0 Å². The Bertz CT molecular complexity index is 43.5. The summed E-state index contributed by atoms with van der Waals surface area (Å²) in [6, 6.07) is 0. The first-order valence-electron chi connectivity index (χ1n) is 0.365. The van der Waals surface area contributed by atoms with Crippen molar-refractivity contribution < 1.29 is 103 Å². The molecule has 112 valence electrons. The Morgan fingerprint density at radius 3 is 0.412 bits per heavy atom. The molecule has 0 atom stereocenters. The molecule has 0 saturated carbocycles. The molecule has 0 heterocycles. The van der Waals surface area contributed by atoms with Crippen LogP contribution in [0.5, 0.6) is 0 Å². The maximum atomic E-state index is 8.35. The minimum Gasteiger partial charge on any atom is -1.00 e. The molecule has 0 amide bonds. The van der Waals surface area contributed by atoms with Gasteiger partial charge in [0.05, 0.1) is 0 Å². The summed E-state index contributed by atoms with van der Waals surface area (Å²) in [7, 11) is -1.08. The van der Waals surface area contributed by atoms with Crippen LogP contribution in [0.3, 0.4) is 0 Å². The average molecular weight is 315 g/mol. The standard InChI is InChI=1S/12FH.2Li.O2P/c;;;;;;;;;;;;;;1-3-2/h12*1H;;;/q;;;;;;;;;;;;3*+1/p-2. The van der Waals surface area contributed by atoms with Crippen molar-refractivity contribution in [3.63, 3.8) is 0 Å². The SMILES string of the molecule is F.F.F.F.F.F.F.F.F.F.O=[P+]=O.[F-].[F-].[Li+].[Li+]. The molecular weight excluding hydrogens is 305 g/mol. The summed E-state index contributed by atoms with van der Waals surface area (Å²) in [6.07, 6.45) is 0. The third kappa shape index (κ3) is 22900. The largest absolute Gasteiger partial charge is 1.00 e. The molecular formula is H10F12Li2O2P+. The zero-order chi connectivity index (χ0) is 2.71. The molecule has 0 aromatic heterocycles. The summed E-state index contributed by atoms with van der Waals surface area (Å²) in [4.78, 5) is 0. The van der Waals surface area contributed by atoms with E-state index in [1.165, 1.54) is 0 Å². The second-order valence-corrected chi connectivity index (χ2v) is 0.224. The Kier molecular flexibility index (Phi) is 97600. The van der Waals surface area contributed by atoms with E-state index in [9.17, 15) is 0 Å². The van der Waals surface area contributed by atoms with Gasteiger partial charge in [0.1, 0.15) is 0 Å². The van der Waals surface area contributed by atoms with Crippen LogP contribution in [-0.4, -0.2) is 0 Å². The fourth-order valence-electron chi connectivity index (χ4n) is 0. The van der Waals surface area contributed by atoms with Gasteiger partial charge in [-0.3, -0.25) is 47.0 Å². The second kappa shape index (κ2) is 2020. The summed E-state index contributed by atoms with van der Waals surface area (Å²) in [5, 5.41) is 0. The van der Waals surface area contributed by atoms with E-state index in [2.05, 4.69) is 0 Å². The maximum absolute atomic E-state index is 8.35. The van der Waals surface area contributed by atoms with Gasteiger partial charge >= 0.3 is 55.2 Å². The molecule has 0 rings (SSSR count). The molecule has 0 spiro atoms. The molecule has 0 bridgehead atoms. The van der Waals surface area contributed by atoms with Gasteiger partial charge in [0.25, 0.3) is 0 Å². The molecule has 0 radical (unpaired) electrons. The predicted molar refractivity (Wildman–Crippen MR) is 33.3 cm³/mol. The molecule has 17 heavy (non-hydrogen) atoms. The van der Waals surface area contributed by atoms with Gasteiger partial charge in [-0.1, -0.05) is 0 Å². The fraction of sp³-hybridized carbons (Fsp3) is 0. The van der Waals surface area contributed by atoms with Crippen LogP contribution in [0.1, 0.15) is 0 Å². The summed E-state index contributed by atoms with van der Waals surface area (Å²) in [5.41, 5.74) is 0. The Morgan fingerprint density at radius 1 is 0.412 bits per heavy atom. The first-order valence-corrected chi connectivity index (χ1v) is 1.10. The molecule has 0 aromatic carbocycles. The van der Waals surface area contributed by atoms with Gasteiger partial charge in [0.15, 0.2) is 0 Å². The summed E-state index contributed by atoms with van der Waals surface area (Å²) < 4.78 is 16.7. The molecule has 0 saturated heterocycles. The van der Waals surface area contributed by atoms with Gasteiger partial charge in [-0.15, -0.1) is 0 Å². The van der Waals surface area contributed by atoms with Crippen LogP contribution in [0, 0.1) is 0 Å². The minimum absolute atomic E-state index is 0. The summed E-state index contributed by atoms with van der Waals surface area (Å²) in [5.74, 6) is 0. The van der Waals surface area contributed by atoms with E-state index in [0.717, 1.165) is 0 Å². The van der Waals surface area contributed by atoms with Crippen molar-refractivity contribution in [2.24, 2.45) is 0 Å². The molecule has 0 fully saturated rings. The molecule has 0 aliphatic carbocycles. The molecule has 0 N–H and O–H groups in total. The fourth-order valence-corrected chi connectivity index (χ4v) is 0. The second-order valence-electron chi connectivity index (χ2n) is 0.0745. The van der Waals surface area contributed by atoms with Crippen molar-refractivity contribution in [1.29, 1.82) is 0 Å². The molecule has 0 aliphatic heterocycles. The van der Waals surface area contributed by atoms with Gasteiger partial charge in [0, 0.05) is 0 Å². The van der Waals surface area contributed by atoms with Gasteiger partial charge in [-0.25, -0.2) is 0 Å². The van der Waals surface area contributed by atoms with Crippen LogP contribution >= 0.6 is 8.34 Å². The topological polar surface area (TPSA) is 34.1 Å². The summed E-state index contributed by atoms with van der Waals surface area (Å²) >= 11 is 0. The monoisotopic (exact) mass is 315 g/mol. The molecule has 17 heteroatoms. The normalized spacial score (nSPS) is 0.471. The van der Waals surface area contributed by atoms with E-state index in [1.807, 2.05) is 0 Å². The minimum atomic E-state index is -1.08. The predicted octanol–water partition coefficient (Wildman–Crippen LogP) is -9.84. The number of rotatable bonds is 0. The van der Waals surface area contributed by atoms with Gasteiger partial charge in [0.2, 0.25) is 0 Å². The Labute approximate surface area is 112 Å². The van der Waals surface area contributed by atoms with Crippen molar-refractivity contribution in [2.75, 3.05) is 0 Å². The van der Waals surface area contributed by atoms with Crippen LogP contribution in [0.25, 0.3) is 0 Å². The number of hydrogen-bond acceptors (Lipinski definition) is 2. The van der Waals surface area contributed by atoms with Crippen molar-refractivity contribution in [1.82, 2.24) is 0 Å². The van der Waals surface area contributed by atoms with E-state index < -0.39 is 8.34 Å². The Morgan fingerprint density at radius 2 is 0.412 bits per heavy atom.